The van der Waals surface area contributed by atoms with Crippen LogP contribution in [-0.4, -0.2) is 37.5 Å². The molecule has 2 saturated heterocycles. The summed E-state index contributed by atoms with van der Waals surface area (Å²) in [5, 5.41) is 0. The van der Waals surface area contributed by atoms with Crippen molar-refractivity contribution in [2.75, 3.05) is 13.2 Å². The molecule has 0 bridgehead atoms. The predicted molar refractivity (Wildman–Crippen MR) is 99.8 cm³/mol. The van der Waals surface area contributed by atoms with Crippen LogP contribution >= 0.6 is 0 Å². The van der Waals surface area contributed by atoms with E-state index in [2.05, 4.69) is 24.3 Å². The molecule has 0 N–H and O–H groups in total. The van der Waals surface area contributed by atoms with Crippen molar-refractivity contribution in [3.63, 3.8) is 0 Å². The first kappa shape index (κ1) is 18.6. The van der Waals surface area contributed by atoms with Gasteiger partial charge in [-0.1, -0.05) is 60.7 Å². The highest BCUT2D eigenvalue weighted by molar-refractivity contribution is 5.14. The van der Waals surface area contributed by atoms with Gasteiger partial charge in [-0.2, -0.15) is 0 Å². The minimum atomic E-state index is -1.01. The van der Waals surface area contributed by atoms with Crippen molar-refractivity contribution in [2.24, 2.45) is 0 Å². The number of hydrogen-bond acceptors (Lipinski definition) is 5. The van der Waals surface area contributed by atoms with Gasteiger partial charge >= 0.3 is 0 Å². The monoisotopic (exact) mass is 370 g/mol. The van der Waals surface area contributed by atoms with Crippen LogP contribution in [0.5, 0.6) is 0 Å². The van der Waals surface area contributed by atoms with E-state index in [1.54, 1.807) is 0 Å². The van der Waals surface area contributed by atoms with Crippen LogP contribution in [0.3, 0.4) is 0 Å². The second-order valence-electron chi connectivity index (χ2n) is 7.00. The molecule has 0 radical (unpaired) electrons. The SMILES string of the molecule is C[C@H]1OC2(C[C@@H](OCc3ccccc3)[C@H]1OCc1ccccc1)OCCO2. The van der Waals surface area contributed by atoms with E-state index in [9.17, 15) is 0 Å². The lowest BCUT2D eigenvalue weighted by Crippen LogP contribution is -2.55. The molecule has 2 fully saturated rings. The molecule has 0 aliphatic carbocycles. The lowest BCUT2D eigenvalue weighted by Gasteiger charge is -2.43. The number of benzene rings is 2. The molecule has 2 aromatic rings. The van der Waals surface area contributed by atoms with Crippen molar-refractivity contribution in [2.45, 2.75) is 50.8 Å². The molecule has 3 atom stereocenters. The van der Waals surface area contributed by atoms with E-state index in [4.69, 9.17) is 23.7 Å². The molecule has 5 heteroatoms. The van der Waals surface area contributed by atoms with Crippen LogP contribution in [0.2, 0.25) is 0 Å². The van der Waals surface area contributed by atoms with Gasteiger partial charge in [-0.05, 0) is 18.1 Å². The van der Waals surface area contributed by atoms with Crippen LogP contribution in [0.25, 0.3) is 0 Å². The van der Waals surface area contributed by atoms with Crippen LogP contribution in [0.15, 0.2) is 60.7 Å². The van der Waals surface area contributed by atoms with Crippen molar-refractivity contribution in [3.8, 4) is 0 Å². The van der Waals surface area contributed by atoms with Gasteiger partial charge in [0.25, 0.3) is 5.97 Å². The normalized spacial score (nSPS) is 27.1. The van der Waals surface area contributed by atoms with Gasteiger partial charge in [0.2, 0.25) is 0 Å². The molecule has 0 unspecified atom stereocenters. The summed E-state index contributed by atoms with van der Waals surface area (Å²) < 4.78 is 30.1. The Kier molecular flexibility index (Phi) is 5.86. The Hall–Kier alpha value is -1.76. The van der Waals surface area contributed by atoms with E-state index in [1.165, 1.54) is 0 Å². The Labute approximate surface area is 160 Å². The van der Waals surface area contributed by atoms with E-state index in [1.807, 2.05) is 43.3 Å². The molecular formula is C22H26O5. The van der Waals surface area contributed by atoms with Gasteiger partial charge in [-0.15, -0.1) is 0 Å². The van der Waals surface area contributed by atoms with Crippen molar-refractivity contribution in [3.05, 3.63) is 71.8 Å². The molecule has 144 valence electrons. The van der Waals surface area contributed by atoms with Crippen LogP contribution in [-0.2, 0) is 36.9 Å². The van der Waals surface area contributed by atoms with Gasteiger partial charge < -0.3 is 23.7 Å². The molecule has 2 heterocycles. The number of rotatable bonds is 6. The summed E-state index contributed by atoms with van der Waals surface area (Å²) in [7, 11) is 0. The fourth-order valence-electron chi connectivity index (χ4n) is 3.63. The predicted octanol–water partition coefficient (Wildman–Crippen LogP) is 3.67. The third-order valence-corrected chi connectivity index (χ3v) is 4.97. The highest BCUT2D eigenvalue weighted by Crippen LogP contribution is 2.37. The largest absolute Gasteiger partial charge is 0.370 e. The summed E-state index contributed by atoms with van der Waals surface area (Å²) in [6.07, 6.45) is -0.103. The zero-order valence-corrected chi connectivity index (χ0v) is 15.6. The van der Waals surface area contributed by atoms with E-state index >= 15 is 0 Å². The summed E-state index contributed by atoms with van der Waals surface area (Å²) in [5.41, 5.74) is 2.25. The van der Waals surface area contributed by atoms with Gasteiger partial charge in [-0.25, -0.2) is 0 Å². The van der Waals surface area contributed by atoms with Gasteiger partial charge in [0, 0.05) is 0 Å². The Morgan fingerprint density at radius 2 is 1.41 bits per heavy atom. The van der Waals surface area contributed by atoms with Crippen molar-refractivity contribution < 1.29 is 23.7 Å². The average molecular weight is 370 g/mol. The number of hydrogen-bond donors (Lipinski definition) is 0. The molecule has 0 amide bonds. The third kappa shape index (κ3) is 4.57. The fourth-order valence-corrected chi connectivity index (χ4v) is 3.63. The maximum Gasteiger partial charge on any atom is 0.286 e. The minimum absolute atomic E-state index is 0.184. The highest BCUT2D eigenvalue weighted by Gasteiger charge is 2.51. The van der Waals surface area contributed by atoms with Crippen LogP contribution in [0.4, 0.5) is 0 Å². The quantitative estimate of drug-likeness (QED) is 0.776. The van der Waals surface area contributed by atoms with Gasteiger partial charge in [0.1, 0.15) is 6.10 Å². The lowest BCUT2D eigenvalue weighted by atomic mass is 10.00. The number of ether oxygens (including phenoxy) is 5. The Morgan fingerprint density at radius 1 is 0.852 bits per heavy atom. The van der Waals surface area contributed by atoms with Crippen LogP contribution in [0.1, 0.15) is 24.5 Å². The molecule has 27 heavy (non-hydrogen) atoms. The third-order valence-electron chi connectivity index (χ3n) is 4.97. The maximum atomic E-state index is 6.26. The first-order valence-corrected chi connectivity index (χ1v) is 9.51. The van der Waals surface area contributed by atoms with E-state index in [0.717, 1.165) is 11.1 Å². The van der Waals surface area contributed by atoms with Gasteiger partial charge in [0.15, 0.2) is 0 Å². The summed E-state index contributed by atoms with van der Waals surface area (Å²) >= 11 is 0. The van der Waals surface area contributed by atoms with Gasteiger partial charge in [-0.3, -0.25) is 0 Å². The lowest BCUT2D eigenvalue weighted by molar-refractivity contribution is -0.394. The highest BCUT2D eigenvalue weighted by atomic mass is 16.9. The summed E-state index contributed by atoms with van der Waals surface area (Å²) in [5.74, 6) is -1.01. The fraction of sp³-hybridized carbons (Fsp3) is 0.455. The molecule has 1 spiro atoms. The van der Waals surface area contributed by atoms with Crippen LogP contribution in [0, 0.1) is 0 Å². The molecule has 2 aliphatic rings. The Bertz CT molecular complexity index is 699. The maximum absolute atomic E-state index is 6.26. The summed E-state index contributed by atoms with van der Waals surface area (Å²) in [4.78, 5) is 0. The second-order valence-corrected chi connectivity index (χ2v) is 7.00. The van der Waals surface area contributed by atoms with E-state index in [0.29, 0.717) is 32.8 Å². The zero-order valence-electron chi connectivity index (χ0n) is 15.6. The molecular weight excluding hydrogens is 344 g/mol. The molecule has 0 saturated carbocycles. The average Bonchev–Trinajstić information content (AvgIpc) is 3.14. The van der Waals surface area contributed by atoms with Crippen molar-refractivity contribution in [1.29, 1.82) is 0 Å². The standard InChI is InChI=1S/C22H26O5/c1-17-21(24-16-19-10-6-3-7-11-19)20(14-22(27-17)25-12-13-26-22)23-15-18-8-4-2-5-9-18/h2-11,17,20-21H,12-16H2,1H3/t17-,20-,21+/m1/s1. The Morgan fingerprint density at radius 3 is 2.00 bits per heavy atom. The van der Waals surface area contributed by atoms with Crippen molar-refractivity contribution >= 4 is 0 Å². The van der Waals surface area contributed by atoms with Crippen molar-refractivity contribution in [1.82, 2.24) is 0 Å². The minimum Gasteiger partial charge on any atom is -0.370 e. The Balaban J connectivity index is 1.45. The topological polar surface area (TPSA) is 46.2 Å². The van der Waals surface area contributed by atoms with Crippen LogP contribution < -0.4 is 0 Å². The molecule has 5 nitrogen and oxygen atoms in total. The molecule has 4 rings (SSSR count). The molecule has 0 aromatic heterocycles. The van der Waals surface area contributed by atoms with E-state index < -0.39 is 5.97 Å². The van der Waals surface area contributed by atoms with E-state index in [-0.39, 0.29) is 18.3 Å². The second kappa shape index (κ2) is 8.50. The summed E-state index contributed by atoms with van der Waals surface area (Å²) in [6, 6.07) is 20.3. The smallest absolute Gasteiger partial charge is 0.286 e. The first-order chi connectivity index (χ1) is 13.2. The summed E-state index contributed by atoms with van der Waals surface area (Å²) in [6.45, 7) is 4.08. The first-order valence-electron chi connectivity index (χ1n) is 9.51. The zero-order chi connectivity index (χ0) is 18.5. The van der Waals surface area contributed by atoms with Gasteiger partial charge in [0.05, 0.1) is 45.1 Å². The molecule has 2 aliphatic heterocycles. The molecule has 2 aromatic carbocycles.